The van der Waals surface area contributed by atoms with Crippen molar-refractivity contribution < 1.29 is 9.53 Å². The molecule has 8 nitrogen and oxygen atoms in total. The molecule has 2 saturated heterocycles. The third kappa shape index (κ3) is 5.87. The summed E-state index contributed by atoms with van der Waals surface area (Å²) < 4.78 is 8.51. The van der Waals surface area contributed by atoms with Crippen molar-refractivity contribution in [2.45, 2.75) is 94.5 Å². The highest BCUT2D eigenvalue weighted by Crippen LogP contribution is 2.48. The third-order valence-electron chi connectivity index (χ3n) is 13.9. The number of carbonyl (C=O) groups is 1. The largest absolute Gasteiger partial charge is 0.492 e. The smallest absolute Gasteiger partial charge is 0.282 e. The van der Waals surface area contributed by atoms with Crippen LogP contribution in [0.4, 0.5) is 0 Å². The van der Waals surface area contributed by atoms with Crippen LogP contribution in [0.25, 0.3) is 16.6 Å². The molecule has 0 unspecified atom stereocenters. The Morgan fingerprint density at radius 3 is 2.45 bits per heavy atom. The fourth-order valence-electron chi connectivity index (χ4n) is 10.7. The van der Waals surface area contributed by atoms with Crippen LogP contribution in [0.3, 0.4) is 0 Å². The van der Waals surface area contributed by atoms with Crippen LogP contribution in [-0.4, -0.2) is 78.1 Å². The lowest BCUT2D eigenvalue weighted by molar-refractivity contribution is 0.0810. The minimum Gasteiger partial charge on any atom is -0.492 e. The number of piperidine rings is 2. The van der Waals surface area contributed by atoms with E-state index in [2.05, 4.69) is 62.8 Å². The van der Waals surface area contributed by atoms with Gasteiger partial charge in [0, 0.05) is 41.2 Å². The zero-order valence-electron chi connectivity index (χ0n) is 31.4. The van der Waals surface area contributed by atoms with Crippen molar-refractivity contribution in [2.75, 3.05) is 46.4 Å². The number of ether oxygens (including phenoxy) is 1. The van der Waals surface area contributed by atoms with E-state index in [1.165, 1.54) is 61.8 Å². The lowest BCUT2D eigenvalue weighted by Gasteiger charge is -2.43. The summed E-state index contributed by atoms with van der Waals surface area (Å²) in [4.78, 5) is 34.9. The van der Waals surface area contributed by atoms with Gasteiger partial charge in [-0.25, -0.2) is 0 Å². The summed E-state index contributed by atoms with van der Waals surface area (Å²) in [6, 6.07) is 17.6. The summed E-state index contributed by atoms with van der Waals surface area (Å²) in [5.41, 5.74) is 7.12. The molecule has 5 aliphatic rings. The maximum atomic E-state index is 13.1. The molecule has 53 heavy (non-hydrogen) atoms. The summed E-state index contributed by atoms with van der Waals surface area (Å²) in [7, 11) is 1.92. The van der Waals surface area contributed by atoms with E-state index in [4.69, 9.17) is 16.3 Å². The number of carbonyl (C=O) groups excluding carboxylic acids is 1. The van der Waals surface area contributed by atoms with Gasteiger partial charge in [-0.2, -0.15) is 4.98 Å². The van der Waals surface area contributed by atoms with Crippen LogP contribution in [-0.2, 0) is 17.4 Å². The molecule has 1 N–H and O–H groups in total. The predicted octanol–water partition coefficient (Wildman–Crippen LogP) is 7.37. The number of aromatic nitrogens is 2. The van der Waals surface area contributed by atoms with Gasteiger partial charge in [0.15, 0.2) is 6.29 Å². The van der Waals surface area contributed by atoms with Crippen LogP contribution in [0.15, 0.2) is 53.3 Å². The molecule has 1 aliphatic carbocycles. The zero-order valence-corrected chi connectivity index (χ0v) is 32.2. The van der Waals surface area contributed by atoms with E-state index in [-0.39, 0.29) is 16.4 Å². The van der Waals surface area contributed by atoms with Gasteiger partial charge < -0.3 is 19.9 Å². The number of nitrogens with one attached hydrogen (secondary N) is 1. The van der Waals surface area contributed by atoms with Gasteiger partial charge in [-0.05, 0) is 140 Å². The summed E-state index contributed by atoms with van der Waals surface area (Å²) in [6.07, 6.45) is 10.8. The average Bonchev–Trinajstić information content (AvgIpc) is 3.64. The number of hydrogen-bond acceptors (Lipinski definition) is 7. The molecule has 3 fully saturated rings. The highest BCUT2D eigenvalue weighted by atomic mass is 35.5. The van der Waals surface area contributed by atoms with Gasteiger partial charge in [-0.15, -0.1) is 0 Å². The van der Waals surface area contributed by atoms with Crippen LogP contribution >= 0.6 is 11.6 Å². The molecule has 5 heterocycles. The maximum Gasteiger partial charge on any atom is 0.282 e. The van der Waals surface area contributed by atoms with Gasteiger partial charge in [-0.1, -0.05) is 41.9 Å². The summed E-state index contributed by atoms with van der Waals surface area (Å²) in [5, 5.41) is 4.18. The Hall–Kier alpha value is -3.56. The molecule has 1 aromatic heterocycles. The predicted molar refractivity (Wildman–Crippen MR) is 211 cm³/mol. The number of likely N-dealkylation sites (tertiary alicyclic amines) is 2. The molecule has 0 radical (unpaired) electrons. The first-order valence-electron chi connectivity index (χ1n) is 19.9. The number of benzene rings is 3. The molecule has 0 atom stereocenters. The highest BCUT2D eigenvalue weighted by Gasteiger charge is 2.45. The van der Waals surface area contributed by atoms with Crippen LogP contribution in [0.2, 0.25) is 5.02 Å². The number of rotatable bonds is 7. The molecule has 0 bridgehead atoms. The first kappa shape index (κ1) is 35.2. The molecule has 4 aliphatic heterocycles. The Labute approximate surface area is 317 Å². The van der Waals surface area contributed by atoms with E-state index >= 15 is 0 Å². The second-order valence-corrected chi connectivity index (χ2v) is 17.5. The number of nitrogens with zero attached hydrogens (tertiary/aromatic N) is 4. The molecule has 9 rings (SSSR count). The number of hydrogen-bond donors (Lipinski definition) is 1. The molecule has 0 amide bonds. The van der Waals surface area contributed by atoms with Gasteiger partial charge in [-0.3, -0.25) is 14.2 Å². The summed E-state index contributed by atoms with van der Waals surface area (Å²) in [5.74, 6) is 3.07. The van der Waals surface area contributed by atoms with Gasteiger partial charge >= 0.3 is 0 Å². The molecule has 1 saturated carbocycles. The lowest BCUT2D eigenvalue weighted by Crippen LogP contribution is -2.46. The van der Waals surface area contributed by atoms with E-state index < -0.39 is 0 Å². The monoisotopic (exact) mass is 733 g/mol. The topological polar surface area (TPSA) is 79.7 Å². The second kappa shape index (κ2) is 13.6. The van der Waals surface area contributed by atoms with Crippen molar-refractivity contribution in [3.05, 3.63) is 97.5 Å². The van der Waals surface area contributed by atoms with E-state index in [9.17, 15) is 9.59 Å². The summed E-state index contributed by atoms with van der Waals surface area (Å²) >= 11 is 6.53. The number of halogens is 1. The molecule has 278 valence electrons. The fraction of sp³-hybridized carbons (Fsp3) is 0.523. The SMILES string of the molecule is CNCc1c(C=O)ccc2c1OCC21CCN(CC2CCC(N3CCC(c4ccc5c(c4)-n4c(nc(=O)c6c(Cl)cccc64)C5(C)C)CC3)CC2)CC1. The minimum absolute atomic E-state index is 0.0841. The summed E-state index contributed by atoms with van der Waals surface area (Å²) in [6.45, 7) is 11.5. The van der Waals surface area contributed by atoms with Crippen LogP contribution in [0, 0.1) is 5.92 Å². The Morgan fingerprint density at radius 1 is 0.962 bits per heavy atom. The number of aldehydes is 1. The Balaban J connectivity index is 0.797. The van der Waals surface area contributed by atoms with Crippen LogP contribution < -0.4 is 15.6 Å². The van der Waals surface area contributed by atoms with E-state index in [1.807, 2.05) is 25.2 Å². The highest BCUT2D eigenvalue weighted by molar-refractivity contribution is 6.35. The van der Waals surface area contributed by atoms with Crippen molar-refractivity contribution in [1.82, 2.24) is 24.7 Å². The van der Waals surface area contributed by atoms with Gasteiger partial charge in [0.05, 0.1) is 33.6 Å². The third-order valence-corrected chi connectivity index (χ3v) is 14.2. The van der Waals surface area contributed by atoms with E-state index in [0.29, 0.717) is 28.9 Å². The molecular weight excluding hydrogens is 682 g/mol. The fourth-order valence-corrected chi connectivity index (χ4v) is 11.0. The lowest BCUT2D eigenvalue weighted by atomic mass is 9.73. The van der Waals surface area contributed by atoms with Crippen LogP contribution in [0.5, 0.6) is 5.75 Å². The van der Waals surface area contributed by atoms with Crippen molar-refractivity contribution in [1.29, 1.82) is 0 Å². The van der Waals surface area contributed by atoms with E-state index in [0.717, 1.165) is 91.7 Å². The van der Waals surface area contributed by atoms with Gasteiger partial charge in [0.2, 0.25) is 0 Å². The maximum absolute atomic E-state index is 13.1. The Morgan fingerprint density at radius 2 is 1.72 bits per heavy atom. The average molecular weight is 734 g/mol. The molecule has 9 heteroatoms. The first-order chi connectivity index (χ1) is 25.7. The Bertz CT molecular complexity index is 2120. The van der Waals surface area contributed by atoms with Crippen molar-refractivity contribution >= 4 is 28.8 Å². The van der Waals surface area contributed by atoms with Crippen molar-refractivity contribution in [3.63, 3.8) is 0 Å². The van der Waals surface area contributed by atoms with Crippen molar-refractivity contribution in [3.8, 4) is 11.4 Å². The zero-order chi connectivity index (χ0) is 36.5. The Kier molecular flexibility index (Phi) is 9.04. The van der Waals surface area contributed by atoms with Gasteiger partial charge in [0.25, 0.3) is 5.56 Å². The molecule has 4 aromatic rings. The normalized spacial score (nSPS) is 23.8. The van der Waals surface area contributed by atoms with Crippen molar-refractivity contribution in [2.24, 2.45) is 5.92 Å². The van der Waals surface area contributed by atoms with E-state index in [1.54, 1.807) is 6.07 Å². The standard InChI is InChI=1S/C44H52ClN5O3/c1-43(2)34-13-9-30(23-38(34)50-37-6-4-5-36(45)39(37)41(52)47-42(43)50)29-15-19-49(20-16-29)32-11-7-28(8-12-32)25-48-21-17-44(18-22-48)27-53-40-33(24-46-3)31(26-51)10-14-35(40)44/h4-6,9-10,13-14,23,26,28-29,32,46H,7-8,11-12,15-22,24-25,27H2,1-3H3. The minimum atomic E-state index is -0.362. The molecular formula is C44H52ClN5O3. The quantitative estimate of drug-likeness (QED) is 0.199. The second-order valence-electron chi connectivity index (χ2n) is 17.1. The molecule has 3 aromatic carbocycles. The molecule has 1 spiro atoms. The first-order valence-corrected chi connectivity index (χ1v) is 20.3. The van der Waals surface area contributed by atoms with Gasteiger partial charge in [0.1, 0.15) is 11.6 Å². The van der Waals surface area contributed by atoms with Crippen LogP contribution in [0.1, 0.15) is 110 Å². The number of fused-ring (bicyclic) bond motifs is 7.